The lowest BCUT2D eigenvalue weighted by molar-refractivity contribution is 0.578. The largest absolute Gasteiger partial charge is 0.339 e. The van der Waals surface area contributed by atoms with Crippen LogP contribution in [0.1, 0.15) is 0 Å². The van der Waals surface area contributed by atoms with Crippen molar-refractivity contribution in [2.75, 3.05) is 0 Å². The predicted molar refractivity (Wildman–Crippen MR) is 58.4 cm³/mol. The number of aromatic amines is 1. The van der Waals surface area contributed by atoms with Crippen LogP contribution in [0, 0.1) is 5.95 Å². The van der Waals surface area contributed by atoms with Gasteiger partial charge in [-0.25, -0.2) is 4.98 Å². The van der Waals surface area contributed by atoms with Gasteiger partial charge in [0.05, 0.1) is 0 Å². The van der Waals surface area contributed by atoms with E-state index < -0.39 is 17.1 Å². The number of H-pyrrole nitrogens is 1. The molecule has 88 valence electrons. The summed E-state index contributed by atoms with van der Waals surface area (Å²) in [6, 6.07) is 2.78. The number of halogens is 1. The van der Waals surface area contributed by atoms with Crippen molar-refractivity contribution < 1.29 is 4.39 Å². The fraction of sp³-hybridized carbons (Fsp3) is 0.111. The minimum absolute atomic E-state index is 0.264. The number of hydrogen-bond acceptors (Lipinski definition) is 5. The molecule has 0 saturated carbocycles. The lowest BCUT2D eigenvalue weighted by atomic mass is 10.5. The first-order chi connectivity index (χ1) is 8.06. The van der Waals surface area contributed by atoms with Crippen LogP contribution in [0.15, 0.2) is 38.0 Å². The van der Waals surface area contributed by atoms with E-state index in [0.29, 0.717) is 4.90 Å². The maximum Gasteiger partial charge on any atom is 0.339 e. The number of rotatable bonds is 2. The fourth-order valence-corrected chi connectivity index (χ4v) is 1.91. The molecule has 8 heteroatoms. The highest BCUT2D eigenvalue weighted by Gasteiger charge is 2.06. The van der Waals surface area contributed by atoms with E-state index in [1.54, 1.807) is 6.07 Å². The second-order valence-electron chi connectivity index (χ2n) is 3.12. The molecule has 0 radical (unpaired) electrons. The molecule has 0 atom stereocenters. The van der Waals surface area contributed by atoms with Crippen LogP contribution >= 0.6 is 11.8 Å². The zero-order valence-electron chi connectivity index (χ0n) is 8.68. The van der Waals surface area contributed by atoms with Crippen LogP contribution in [0.2, 0.25) is 0 Å². The summed E-state index contributed by atoms with van der Waals surface area (Å²) in [5, 5.41) is 2.56. The van der Waals surface area contributed by atoms with E-state index in [2.05, 4.69) is 15.1 Å². The highest BCUT2D eigenvalue weighted by Crippen LogP contribution is 2.23. The van der Waals surface area contributed by atoms with Gasteiger partial charge in [-0.3, -0.25) is 19.4 Å². The van der Waals surface area contributed by atoms with E-state index in [-0.39, 0.29) is 5.16 Å². The molecule has 0 saturated heterocycles. The highest BCUT2D eigenvalue weighted by atomic mass is 32.2. The Morgan fingerprint density at radius 1 is 1.47 bits per heavy atom. The van der Waals surface area contributed by atoms with Gasteiger partial charge in [-0.1, -0.05) is 0 Å². The molecule has 2 aromatic rings. The molecular formula is C9H7FN4O2S. The average Bonchev–Trinajstić information content (AvgIpc) is 2.26. The predicted octanol–water partition coefficient (Wildman–Crippen LogP) is 0.154. The van der Waals surface area contributed by atoms with E-state index in [0.717, 1.165) is 11.8 Å². The summed E-state index contributed by atoms with van der Waals surface area (Å²) >= 11 is 1.05. The molecule has 0 aliphatic heterocycles. The summed E-state index contributed by atoms with van der Waals surface area (Å²) in [6.45, 7) is 0. The molecule has 0 aliphatic carbocycles. The Labute approximate surface area is 98.5 Å². The molecule has 0 amide bonds. The lowest BCUT2D eigenvalue weighted by Crippen LogP contribution is -2.33. The first-order valence-electron chi connectivity index (χ1n) is 4.53. The average molecular weight is 254 g/mol. The van der Waals surface area contributed by atoms with Crippen molar-refractivity contribution in [2.24, 2.45) is 7.05 Å². The Morgan fingerprint density at radius 3 is 2.94 bits per heavy atom. The Balaban J connectivity index is 2.40. The Morgan fingerprint density at radius 2 is 2.24 bits per heavy atom. The van der Waals surface area contributed by atoms with Crippen molar-refractivity contribution in [3.05, 3.63) is 45.0 Å². The highest BCUT2D eigenvalue weighted by molar-refractivity contribution is 7.99. The van der Waals surface area contributed by atoms with Gasteiger partial charge in [-0.2, -0.15) is 9.37 Å². The summed E-state index contributed by atoms with van der Waals surface area (Å²) in [6.07, 6.45) is 1.31. The molecule has 0 fully saturated rings. The maximum absolute atomic E-state index is 12.8. The zero-order valence-corrected chi connectivity index (χ0v) is 9.49. The van der Waals surface area contributed by atoms with Crippen molar-refractivity contribution in [3.63, 3.8) is 0 Å². The van der Waals surface area contributed by atoms with Crippen molar-refractivity contribution in [3.8, 4) is 0 Å². The van der Waals surface area contributed by atoms with Gasteiger partial charge in [-0.05, 0) is 17.8 Å². The molecule has 2 rings (SSSR count). The third-order valence-electron chi connectivity index (χ3n) is 1.85. The molecule has 1 N–H and O–H groups in total. The molecule has 0 aliphatic rings. The molecule has 0 bridgehead atoms. The Kier molecular flexibility index (Phi) is 3.05. The van der Waals surface area contributed by atoms with E-state index in [9.17, 15) is 14.0 Å². The minimum Gasteiger partial charge on any atom is -0.265 e. The van der Waals surface area contributed by atoms with Crippen LogP contribution in [0.4, 0.5) is 4.39 Å². The molecule has 6 nitrogen and oxygen atoms in total. The lowest BCUT2D eigenvalue weighted by Gasteiger charge is -2.05. The Bertz CT molecular complexity index is 667. The third kappa shape index (κ3) is 2.59. The molecule has 2 heterocycles. The van der Waals surface area contributed by atoms with Gasteiger partial charge in [0, 0.05) is 24.2 Å². The summed E-state index contributed by atoms with van der Waals surface area (Å²) < 4.78 is 14.1. The number of aryl methyl sites for hydroxylation is 1. The standard InChI is InChI=1S/C9H7FN4O2S/c1-14-9(12-7(15)8(16)13-14)17-5-2-3-11-6(10)4-5/h2-4H,1H3,(H,13,16). The molecule has 0 unspecified atom stereocenters. The van der Waals surface area contributed by atoms with Gasteiger partial charge in [0.1, 0.15) is 0 Å². The first-order valence-corrected chi connectivity index (χ1v) is 5.34. The van der Waals surface area contributed by atoms with Crippen LogP contribution in [0.25, 0.3) is 0 Å². The number of nitrogens with one attached hydrogen (secondary N) is 1. The number of pyridine rings is 1. The van der Waals surface area contributed by atoms with Crippen LogP contribution < -0.4 is 11.1 Å². The zero-order chi connectivity index (χ0) is 12.4. The fourth-order valence-electron chi connectivity index (χ4n) is 1.11. The smallest absolute Gasteiger partial charge is 0.265 e. The second-order valence-corrected chi connectivity index (χ2v) is 4.16. The minimum atomic E-state index is -0.875. The van der Waals surface area contributed by atoms with Crippen LogP contribution in [0.5, 0.6) is 0 Å². The molecule has 0 spiro atoms. The van der Waals surface area contributed by atoms with Crippen molar-refractivity contribution in [1.82, 2.24) is 19.7 Å². The number of nitrogens with zero attached hydrogens (tertiary/aromatic N) is 3. The molecular weight excluding hydrogens is 247 g/mol. The SMILES string of the molecule is Cn1[nH]c(=O)c(=O)nc1Sc1ccnc(F)c1. The number of hydrogen-bond donors (Lipinski definition) is 1. The topological polar surface area (TPSA) is 80.6 Å². The van der Waals surface area contributed by atoms with Crippen molar-refractivity contribution >= 4 is 11.8 Å². The summed E-state index contributed by atoms with van der Waals surface area (Å²) in [5.74, 6) is -0.621. The molecule has 0 aromatic carbocycles. The van der Waals surface area contributed by atoms with Gasteiger partial charge >= 0.3 is 11.1 Å². The summed E-state index contributed by atoms with van der Waals surface area (Å²) in [4.78, 5) is 29.6. The van der Waals surface area contributed by atoms with Crippen molar-refractivity contribution in [1.29, 1.82) is 0 Å². The summed E-state index contributed by atoms with van der Waals surface area (Å²) in [7, 11) is 1.54. The van der Waals surface area contributed by atoms with Gasteiger partial charge < -0.3 is 0 Å². The first kappa shape index (κ1) is 11.5. The third-order valence-corrected chi connectivity index (χ3v) is 2.89. The monoisotopic (exact) mass is 254 g/mol. The summed E-state index contributed by atoms with van der Waals surface area (Å²) in [5.41, 5.74) is -1.67. The Hall–Kier alpha value is -1.96. The van der Waals surface area contributed by atoms with Crippen LogP contribution in [0.3, 0.4) is 0 Å². The van der Waals surface area contributed by atoms with E-state index in [4.69, 9.17) is 0 Å². The second kappa shape index (κ2) is 4.50. The van der Waals surface area contributed by atoms with Gasteiger partial charge in [-0.15, -0.1) is 0 Å². The van der Waals surface area contributed by atoms with Crippen molar-refractivity contribution in [2.45, 2.75) is 10.1 Å². The van der Waals surface area contributed by atoms with Crippen LogP contribution in [-0.4, -0.2) is 19.7 Å². The van der Waals surface area contributed by atoms with E-state index in [1.165, 1.54) is 24.0 Å². The van der Waals surface area contributed by atoms with E-state index in [1.807, 2.05) is 0 Å². The maximum atomic E-state index is 12.8. The van der Waals surface area contributed by atoms with Gasteiger partial charge in [0.2, 0.25) is 5.95 Å². The quantitative estimate of drug-likeness (QED) is 0.609. The van der Waals surface area contributed by atoms with Crippen LogP contribution in [-0.2, 0) is 7.05 Å². The molecule has 2 aromatic heterocycles. The number of aromatic nitrogens is 4. The van der Waals surface area contributed by atoms with E-state index >= 15 is 0 Å². The normalized spacial score (nSPS) is 10.5. The van der Waals surface area contributed by atoms with Gasteiger partial charge in [0.25, 0.3) is 0 Å². The van der Waals surface area contributed by atoms with Gasteiger partial charge in [0.15, 0.2) is 5.16 Å². The molecule has 17 heavy (non-hydrogen) atoms.